The Labute approximate surface area is 223 Å². The maximum atomic E-state index is 13.9. The number of para-hydroxylation sites is 2. The standard InChI is InChI=1S/C30H36N2O6/c1-17-10-9-13-23-28(5,18(2)26(38-20(4)34)27(35)29(17,23)6)14-25(37-19(3)33)30(16-36-30)24-15-31-21-11-7-8-12-22(21)32-24/h7-8,10-12,15,18,23,25-26H,9,13-14,16H2,1-6H3/t18-,23+,25-,26-,28-,29-,30-/m1/s1. The van der Waals surface area contributed by atoms with E-state index in [1.165, 1.54) is 13.8 Å². The van der Waals surface area contributed by atoms with Crippen LogP contribution in [0.3, 0.4) is 0 Å². The molecule has 1 aromatic heterocycles. The lowest BCUT2D eigenvalue weighted by Gasteiger charge is -2.59. The van der Waals surface area contributed by atoms with E-state index in [1.54, 1.807) is 6.20 Å². The van der Waals surface area contributed by atoms with Crippen LogP contribution in [0.1, 0.15) is 66.5 Å². The van der Waals surface area contributed by atoms with Gasteiger partial charge < -0.3 is 14.2 Å². The summed E-state index contributed by atoms with van der Waals surface area (Å²) >= 11 is 0. The maximum absolute atomic E-state index is 13.9. The van der Waals surface area contributed by atoms with Gasteiger partial charge in [0.05, 0.1) is 34.9 Å². The molecule has 3 aliphatic rings. The SMILES string of the molecule is CC(=O)O[C@H]1C(=O)[C@]2(C)C(C)=CCC[C@H]2[C@](C)(C[C@@H](OC(C)=O)[C@]2(c3cnc4ccccc4n3)CO2)[C@@H]1C. The van der Waals surface area contributed by atoms with Crippen molar-refractivity contribution >= 4 is 28.8 Å². The van der Waals surface area contributed by atoms with Gasteiger partial charge in [-0.15, -0.1) is 0 Å². The van der Waals surface area contributed by atoms with Gasteiger partial charge in [-0.25, -0.2) is 4.98 Å². The molecule has 7 atom stereocenters. The second-order valence-electron chi connectivity index (χ2n) is 11.6. The molecule has 1 saturated heterocycles. The molecular formula is C30H36N2O6. The Balaban J connectivity index is 1.59. The first kappa shape index (κ1) is 26.5. The minimum absolute atomic E-state index is 0.0362. The summed E-state index contributed by atoms with van der Waals surface area (Å²) in [6.07, 6.45) is 4.34. The van der Waals surface area contributed by atoms with E-state index in [9.17, 15) is 14.4 Å². The molecule has 5 rings (SSSR count). The first-order chi connectivity index (χ1) is 17.9. The predicted molar refractivity (Wildman–Crippen MR) is 140 cm³/mol. The van der Waals surface area contributed by atoms with Gasteiger partial charge in [0.1, 0.15) is 6.10 Å². The zero-order chi connectivity index (χ0) is 27.5. The zero-order valence-corrected chi connectivity index (χ0v) is 22.9. The van der Waals surface area contributed by atoms with Crippen LogP contribution in [-0.2, 0) is 34.2 Å². The van der Waals surface area contributed by atoms with Gasteiger partial charge in [-0.3, -0.25) is 19.4 Å². The molecule has 2 heterocycles. The number of hydrogen-bond acceptors (Lipinski definition) is 8. The number of carbonyl (C=O) groups excluding carboxylic acids is 3. The molecule has 0 unspecified atom stereocenters. The molecule has 0 bridgehead atoms. The van der Waals surface area contributed by atoms with E-state index in [2.05, 4.69) is 18.0 Å². The third kappa shape index (κ3) is 4.04. The topological polar surface area (TPSA) is 108 Å². The minimum Gasteiger partial charge on any atom is -0.459 e. The predicted octanol–water partition coefficient (Wildman–Crippen LogP) is 4.70. The van der Waals surface area contributed by atoms with Crippen LogP contribution in [0.4, 0.5) is 0 Å². The quantitative estimate of drug-likeness (QED) is 0.307. The van der Waals surface area contributed by atoms with E-state index in [0.29, 0.717) is 18.7 Å². The van der Waals surface area contributed by atoms with E-state index in [1.807, 2.05) is 45.0 Å². The highest BCUT2D eigenvalue weighted by atomic mass is 16.6. The van der Waals surface area contributed by atoms with Crippen molar-refractivity contribution in [2.45, 2.75) is 78.6 Å². The molecule has 2 aliphatic carbocycles. The van der Waals surface area contributed by atoms with Gasteiger partial charge in [-0.1, -0.05) is 37.6 Å². The largest absolute Gasteiger partial charge is 0.459 e. The average Bonchev–Trinajstić information content (AvgIpc) is 3.68. The summed E-state index contributed by atoms with van der Waals surface area (Å²) in [5.74, 6) is -1.30. The number of fused-ring (bicyclic) bond motifs is 2. The number of nitrogens with zero attached hydrogens (tertiary/aromatic N) is 2. The maximum Gasteiger partial charge on any atom is 0.303 e. The molecule has 1 saturated carbocycles. The molecule has 2 aromatic rings. The fraction of sp³-hybridized carbons (Fsp3) is 0.567. The summed E-state index contributed by atoms with van der Waals surface area (Å²) in [4.78, 5) is 47.8. The van der Waals surface area contributed by atoms with Crippen LogP contribution in [0, 0.1) is 22.7 Å². The Bertz CT molecular complexity index is 1330. The number of aromatic nitrogens is 2. The van der Waals surface area contributed by atoms with E-state index >= 15 is 0 Å². The first-order valence-corrected chi connectivity index (χ1v) is 13.4. The lowest BCUT2D eigenvalue weighted by atomic mass is 9.45. The third-order valence-corrected chi connectivity index (χ3v) is 9.57. The van der Waals surface area contributed by atoms with E-state index in [-0.39, 0.29) is 17.6 Å². The Kier molecular flexibility index (Phi) is 6.45. The monoisotopic (exact) mass is 520 g/mol. The van der Waals surface area contributed by atoms with Crippen molar-refractivity contribution in [3.05, 3.63) is 47.8 Å². The number of hydrogen-bond donors (Lipinski definition) is 0. The summed E-state index contributed by atoms with van der Waals surface area (Å²) in [6.45, 7) is 11.2. The van der Waals surface area contributed by atoms with Gasteiger partial charge in [0.25, 0.3) is 0 Å². The van der Waals surface area contributed by atoms with Gasteiger partial charge in [-0.05, 0) is 56.6 Å². The summed E-state index contributed by atoms with van der Waals surface area (Å²) in [6, 6.07) is 7.60. The van der Waals surface area contributed by atoms with Crippen LogP contribution < -0.4 is 0 Å². The molecule has 2 fully saturated rings. The van der Waals surface area contributed by atoms with Gasteiger partial charge in [0.2, 0.25) is 0 Å². The van der Waals surface area contributed by atoms with Crippen LogP contribution in [0.15, 0.2) is 42.1 Å². The fourth-order valence-electron chi connectivity index (χ4n) is 7.08. The summed E-state index contributed by atoms with van der Waals surface area (Å²) in [5, 5.41) is 0. The molecule has 0 N–H and O–H groups in total. The van der Waals surface area contributed by atoms with Gasteiger partial charge in [0.15, 0.2) is 17.5 Å². The van der Waals surface area contributed by atoms with Crippen molar-refractivity contribution in [2.75, 3.05) is 6.61 Å². The smallest absolute Gasteiger partial charge is 0.303 e. The van der Waals surface area contributed by atoms with Crippen molar-refractivity contribution in [2.24, 2.45) is 22.7 Å². The molecule has 8 nitrogen and oxygen atoms in total. The third-order valence-electron chi connectivity index (χ3n) is 9.57. The van der Waals surface area contributed by atoms with Crippen molar-refractivity contribution in [1.82, 2.24) is 9.97 Å². The number of allylic oxidation sites excluding steroid dienone is 2. The van der Waals surface area contributed by atoms with E-state index in [4.69, 9.17) is 19.2 Å². The number of carbonyl (C=O) groups is 3. The minimum atomic E-state index is -0.931. The summed E-state index contributed by atoms with van der Waals surface area (Å²) in [5.41, 5.74) is 0.870. The van der Waals surface area contributed by atoms with Crippen molar-refractivity contribution < 1.29 is 28.6 Å². The highest BCUT2D eigenvalue weighted by molar-refractivity contribution is 5.94. The average molecular weight is 521 g/mol. The van der Waals surface area contributed by atoms with Crippen molar-refractivity contribution in [3.63, 3.8) is 0 Å². The number of benzene rings is 1. The Morgan fingerprint density at radius 1 is 1.16 bits per heavy atom. The second kappa shape index (κ2) is 9.26. The lowest BCUT2D eigenvalue weighted by Crippen LogP contribution is -2.63. The van der Waals surface area contributed by atoms with Crippen LogP contribution in [0.25, 0.3) is 11.0 Å². The summed E-state index contributed by atoms with van der Waals surface area (Å²) in [7, 11) is 0. The zero-order valence-electron chi connectivity index (χ0n) is 22.9. The van der Waals surface area contributed by atoms with Gasteiger partial charge in [-0.2, -0.15) is 0 Å². The van der Waals surface area contributed by atoms with Crippen LogP contribution in [0.5, 0.6) is 0 Å². The molecule has 38 heavy (non-hydrogen) atoms. The highest BCUT2D eigenvalue weighted by Crippen LogP contribution is 2.62. The molecule has 8 heteroatoms. The molecule has 202 valence electrons. The van der Waals surface area contributed by atoms with Gasteiger partial charge in [0, 0.05) is 19.8 Å². The normalized spacial score (nSPS) is 35.2. The molecule has 1 aromatic carbocycles. The van der Waals surface area contributed by atoms with E-state index < -0.39 is 40.6 Å². The number of rotatable bonds is 6. The van der Waals surface area contributed by atoms with E-state index in [0.717, 1.165) is 29.4 Å². The second-order valence-corrected chi connectivity index (χ2v) is 11.6. The lowest BCUT2D eigenvalue weighted by molar-refractivity contribution is -0.186. The molecule has 0 amide bonds. The number of ketones is 1. The number of epoxide rings is 1. The number of Topliss-reactive ketones (excluding diaryl/α,β-unsaturated/α-hetero) is 1. The molecule has 0 radical (unpaired) electrons. The van der Waals surface area contributed by atoms with Crippen molar-refractivity contribution in [3.8, 4) is 0 Å². The Morgan fingerprint density at radius 3 is 2.47 bits per heavy atom. The van der Waals surface area contributed by atoms with Crippen LogP contribution >= 0.6 is 0 Å². The fourth-order valence-corrected chi connectivity index (χ4v) is 7.08. The molecular weight excluding hydrogens is 484 g/mol. The van der Waals surface area contributed by atoms with Crippen molar-refractivity contribution in [1.29, 1.82) is 0 Å². The Morgan fingerprint density at radius 2 is 1.84 bits per heavy atom. The van der Waals surface area contributed by atoms with Gasteiger partial charge >= 0.3 is 11.9 Å². The highest BCUT2D eigenvalue weighted by Gasteiger charge is 2.66. The van der Waals surface area contributed by atoms with Crippen LogP contribution in [-0.4, -0.2) is 46.5 Å². The van der Waals surface area contributed by atoms with Crippen LogP contribution in [0.2, 0.25) is 0 Å². The molecule has 1 aliphatic heterocycles. The summed E-state index contributed by atoms with van der Waals surface area (Å²) < 4.78 is 17.8. The number of ether oxygens (including phenoxy) is 3. The number of esters is 2. The first-order valence-electron chi connectivity index (χ1n) is 13.4. The molecule has 0 spiro atoms. The Hall–Kier alpha value is -3.13.